The lowest BCUT2D eigenvalue weighted by atomic mass is 10.1. The van der Waals surface area contributed by atoms with Crippen LogP contribution in [-0.4, -0.2) is 23.1 Å². The Hall–Kier alpha value is -0.880. The molecule has 0 amide bonds. The fourth-order valence-electron chi connectivity index (χ4n) is 1.53. The third-order valence-electron chi connectivity index (χ3n) is 2.29. The van der Waals surface area contributed by atoms with Gasteiger partial charge in [-0.3, -0.25) is 0 Å². The average molecular weight is 436 g/mol. The molecule has 0 heterocycles. The van der Waals surface area contributed by atoms with E-state index in [1.54, 1.807) is 47.6 Å². The van der Waals surface area contributed by atoms with Crippen LogP contribution < -0.4 is 0 Å². The second kappa shape index (κ2) is 6.71. The lowest BCUT2D eigenvalue weighted by Crippen LogP contribution is -2.26. The molecule has 0 aliphatic rings. The van der Waals surface area contributed by atoms with Crippen LogP contribution in [0.3, 0.4) is 0 Å². The van der Waals surface area contributed by atoms with Crippen molar-refractivity contribution in [2.24, 2.45) is 0 Å². The van der Waals surface area contributed by atoms with Crippen molar-refractivity contribution in [1.29, 1.82) is 0 Å². The number of hydrogen-bond acceptors (Lipinski definition) is 4. The van der Waals surface area contributed by atoms with Gasteiger partial charge in [0, 0.05) is 8.95 Å². The molecule has 0 aliphatic carbocycles. The molecule has 0 N–H and O–H groups in total. The first-order valence-corrected chi connectivity index (χ1v) is 8.34. The van der Waals surface area contributed by atoms with Gasteiger partial charge < -0.3 is 9.47 Å². The molecule has 0 bridgehead atoms. The molecule has 22 heavy (non-hydrogen) atoms. The molecular formula is C16H20Br2O4. The van der Waals surface area contributed by atoms with Gasteiger partial charge >= 0.3 is 11.9 Å². The van der Waals surface area contributed by atoms with E-state index in [4.69, 9.17) is 9.47 Å². The Labute approximate surface area is 147 Å². The summed E-state index contributed by atoms with van der Waals surface area (Å²) >= 11 is 6.63. The highest BCUT2D eigenvalue weighted by Gasteiger charge is 2.25. The van der Waals surface area contributed by atoms with E-state index in [2.05, 4.69) is 31.9 Å². The number of carbonyl (C=O) groups excluding carboxylic acids is 2. The minimum atomic E-state index is -0.615. The SMILES string of the molecule is CC(C)(C)OC(=O)c1cc(C(=O)OC(C)(C)C)c(Br)cc1Br. The largest absolute Gasteiger partial charge is 0.456 e. The van der Waals surface area contributed by atoms with E-state index in [9.17, 15) is 9.59 Å². The van der Waals surface area contributed by atoms with Gasteiger partial charge in [0.15, 0.2) is 0 Å². The maximum Gasteiger partial charge on any atom is 0.339 e. The van der Waals surface area contributed by atoms with Crippen LogP contribution in [-0.2, 0) is 9.47 Å². The zero-order valence-electron chi connectivity index (χ0n) is 13.5. The number of esters is 2. The van der Waals surface area contributed by atoms with Gasteiger partial charge in [0.2, 0.25) is 0 Å². The highest BCUT2D eigenvalue weighted by Crippen LogP contribution is 2.29. The Bertz CT molecular complexity index is 546. The molecular weight excluding hydrogens is 416 g/mol. The predicted molar refractivity (Wildman–Crippen MR) is 92.2 cm³/mol. The van der Waals surface area contributed by atoms with Crippen LogP contribution in [0.1, 0.15) is 62.3 Å². The van der Waals surface area contributed by atoms with Gasteiger partial charge in [0.1, 0.15) is 11.2 Å². The maximum absolute atomic E-state index is 12.2. The molecule has 6 heteroatoms. The number of rotatable bonds is 2. The average Bonchev–Trinajstić information content (AvgIpc) is 2.23. The first-order valence-electron chi connectivity index (χ1n) is 6.76. The lowest BCUT2D eigenvalue weighted by molar-refractivity contribution is 0.00668. The standard InChI is InChI=1S/C16H20Br2O4/c1-15(2,3)21-13(19)9-7-10(12(18)8-11(9)17)14(20)22-16(4,5)6/h7-8H,1-6H3. The van der Waals surface area contributed by atoms with Gasteiger partial charge in [-0.25, -0.2) is 9.59 Å². The minimum Gasteiger partial charge on any atom is -0.456 e. The third-order valence-corrected chi connectivity index (χ3v) is 3.61. The van der Waals surface area contributed by atoms with E-state index in [0.717, 1.165) is 0 Å². The fraction of sp³-hybridized carbons (Fsp3) is 0.500. The van der Waals surface area contributed by atoms with E-state index in [1.807, 2.05) is 0 Å². The van der Waals surface area contributed by atoms with Crippen molar-refractivity contribution in [3.63, 3.8) is 0 Å². The molecule has 0 radical (unpaired) electrons. The summed E-state index contributed by atoms with van der Waals surface area (Å²) in [4.78, 5) is 24.5. The Morgan fingerprint density at radius 1 is 0.773 bits per heavy atom. The number of carbonyl (C=O) groups is 2. The molecule has 0 aromatic heterocycles. The van der Waals surface area contributed by atoms with Crippen LogP contribution in [0.5, 0.6) is 0 Å². The summed E-state index contributed by atoms with van der Waals surface area (Å²) in [5.41, 5.74) is -0.677. The van der Waals surface area contributed by atoms with Crippen LogP contribution >= 0.6 is 31.9 Å². The molecule has 0 aliphatic heterocycles. The van der Waals surface area contributed by atoms with Crippen LogP contribution in [0.2, 0.25) is 0 Å². The number of ether oxygens (including phenoxy) is 2. The van der Waals surface area contributed by atoms with Crippen molar-refractivity contribution >= 4 is 43.8 Å². The van der Waals surface area contributed by atoms with Gasteiger partial charge in [-0.1, -0.05) is 0 Å². The molecule has 0 fully saturated rings. The fourth-order valence-corrected chi connectivity index (χ4v) is 2.85. The molecule has 0 saturated heterocycles. The van der Waals surface area contributed by atoms with Crippen LogP contribution in [0, 0.1) is 0 Å². The highest BCUT2D eigenvalue weighted by atomic mass is 79.9. The first-order chi connectivity index (χ1) is 9.80. The highest BCUT2D eigenvalue weighted by molar-refractivity contribution is 9.11. The number of hydrogen-bond donors (Lipinski definition) is 0. The Kier molecular flexibility index (Phi) is 5.84. The molecule has 0 spiro atoms. The molecule has 1 rings (SSSR count). The van der Waals surface area contributed by atoms with Crippen molar-refractivity contribution in [2.45, 2.75) is 52.7 Å². The van der Waals surface area contributed by atoms with Crippen molar-refractivity contribution in [1.82, 2.24) is 0 Å². The monoisotopic (exact) mass is 434 g/mol. The van der Waals surface area contributed by atoms with Gasteiger partial charge in [-0.05, 0) is 85.5 Å². The molecule has 122 valence electrons. The summed E-state index contributed by atoms with van der Waals surface area (Å²) in [7, 11) is 0. The van der Waals surface area contributed by atoms with Crippen LogP contribution in [0.15, 0.2) is 21.1 Å². The van der Waals surface area contributed by atoms with Crippen LogP contribution in [0.4, 0.5) is 0 Å². The van der Waals surface area contributed by atoms with E-state index in [-0.39, 0.29) is 11.1 Å². The summed E-state index contributed by atoms with van der Waals surface area (Å²) in [5.74, 6) is -1.01. The normalized spacial score (nSPS) is 12.0. The summed E-state index contributed by atoms with van der Waals surface area (Å²) in [6.45, 7) is 10.7. The topological polar surface area (TPSA) is 52.6 Å². The van der Waals surface area contributed by atoms with Crippen molar-refractivity contribution < 1.29 is 19.1 Å². The summed E-state index contributed by atoms with van der Waals surface area (Å²) in [5, 5.41) is 0. The Balaban J connectivity index is 3.20. The smallest absolute Gasteiger partial charge is 0.339 e. The van der Waals surface area contributed by atoms with Gasteiger partial charge in [-0.15, -0.1) is 0 Å². The van der Waals surface area contributed by atoms with E-state index < -0.39 is 23.1 Å². The Morgan fingerprint density at radius 3 is 1.36 bits per heavy atom. The predicted octanol–water partition coefficient (Wildman–Crippen LogP) is 5.12. The van der Waals surface area contributed by atoms with Crippen molar-refractivity contribution in [3.05, 3.63) is 32.2 Å². The number of benzene rings is 1. The molecule has 0 unspecified atom stereocenters. The van der Waals surface area contributed by atoms with Crippen LogP contribution in [0.25, 0.3) is 0 Å². The Morgan fingerprint density at radius 2 is 1.09 bits per heavy atom. The minimum absolute atomic E-state index is 0.277. The molecule has 1 aromatic carbocycles. The second-order valence-electron chi connectivity index (χ2n) is 6.82. The summed E-state index contributed by atoms with van der Waals surface area (Å²) < 4.78 is 11.8. The molecule has 4 nitrogen and oxygen atoms in total. The van der Waals surface area contributed by atoms with Crippen molar-refractivity contribution in [3.8, 4) is 0 Å². The van der Waals surface area contributed by atoms with Gasteiger partial charge in [0.25, 0.3) is 0 Å². The first kappa shape index (κ1) is 19.2. The zero-order chi connectivity index (χ0) is 17.3. The quantitative estimate of drug-likeness (QED) is 0.604. The second-order valence-corrected chi connectivity index (χ2v) is 8.52. The number of halogens is 2. The van der Waals surface area contributed by atoms with Gasteiger partial charge in [0.05, 0.1) is 11.1 Å². The molecule has 0 saturated carbocycles. The summed E-state index contributed by atoms with van der Waals surface area (Å²) in [6, 6.07) is 3.11. The van der Waals surface area contributed by atoms with Gasteiger partial charge in [-0.2, -0.15) is 0 Å². The zero-order valence-corrected chi connectivity index (χ0v) is 16.7. The summed E-state index contributed by atoms with van der Waals surface area (Å²) in [6.07, 6.45) is 0. The maximum atomic E-state index is 12.2. The third kappa shape index (κ3) is 5.72. The van der Waals surface area contributed by atoms with E-state index in [1.165, 1.54) is 6.07 Å². The van der Waals surface area contributed by atoms with Crippen molar-refractivity contribution in [2.75, 3.05) is 0 Å². The molecule has 0 atom stereocenters. The van der Waals surface area contributed by atoms with E-state index >= 15 is 0 Å². The lowest BCUT2D eigenvalue weighted by Gasteiger charge is -2.22. The molecule has 1 aromatic rings. The van der Waals surface area contributed by atoms with E-state index in [0.29, 0.717) is 8.95 Å².